The Hall–Kier alpha value is -3.07. The molecule has 0 atom stereocenters. The third-order valence-corrected chi connectivity index (χ3v) is 3.95. The molecule has 0 saturated carbocycles. The van der Waals surface area contributed by atoms with Gasteiger partial charge in [-0.1, -0.05) is 48.5 Å². The van der Waals surface area contributed by atoms with Crippen LogP contribution in [-0.4, -0.2) is 11.0 Å². The standard InChI is InChI=1S/C19H13NO2/c21-18-10-9-12-5-1-2-6-13(12)15(18)11-16-14-7-3-4-8-17(14)20-19(16)22/h1-11,21H,(H,20,22)/b16-11+. The number of carbonyl (C=O) groups excluding carboxylic acids is 1. The highest BCUT2D eigenvalue weighted by Gasteiger charge is 2.24. The molecule has 0 saturated heterocycles. The van der Waals surface area contributed by atoms with Crippen molar-refractivity contribution in [2.45, 2.75) is 0 Å². The quantitative estimate of drug-likeness (QED) is 0.664. The summed E-state index contributed by atoms with van der Waals surface area (Å²) in [6.45, 7) is 0. The van der Waals surface area contributed by atoms with E-state index in [-0.39, 0.29) is 11.7 Å². The number of nitrogens with one attached hydrogen (secondary N) is 1. The number of aromatic hydroxyl groups is 1. The van der Waals surface area contributed by atoms with E-state index >= 15 is 0 Å². The summed E-state index contributed by atoms with van der Waals surface area (Å²) in [7, 11) is 0. The largest absolute Gasteiger partial charge is 0.507 e. The molecule has 0 spiro atoms. The van der Waals surface area contributed by atoms with E-state index in [0.29, 0.717) is 11.1 Å². The molecule has 1 aliphatic heterocycles. The molecule has 1 heterocycles. The summed E-state index contributed by atoms with van der Waals surface area (Å²) < 4.78 is 0. The fraction of sp³-hybridized carbons (Fsp3) is 0. The number of hydrogen-bond donors (Lipinski definition) is 2. The third kappa shape index (κ3) is 1.87. The van der Waals surface area contributed by atoms with Gasteiger partial charge in [0, 0.05) is 22.4 Å². The van der Waals surface area contributed by atoms with Gasteiger partial charge >= 0.3 is 0 Å². The van der Waals surface area contributed by atoms with Crippen LogP contribution in [0, 0.1) is 0 Å². The number of carbonyl (C=O) groups is 1. The number of hydrogen-bond acceptors (Lipinski definition) is 2. The molecule has 0 aromatic heterocycles. The van der Waals surface area contributed by atoms with Crippen molar-refractivity contribution in [2.24, 2.45) is 0 Å². The van der Waals surface area contributed by atoms with Crippen LogP contribution in [0.15, 0.2) is 60.7 Å². The van der Waals surface area contributed by atoms with Gasteiger partial charge in [0.2, 0.25) is 0 Å². The van der Waals surface area contributed by atoms with E-state index in [1.165, 1.54) is 0 Å². The van der Waals surface area contributed by atoms with E-state index in [4.69, 9.17) is 0 Å². The van der Waals surface area contributed by atoms with Crippen molar-refractivity contribution < 1.29 is 9.90 Å². The minimum Gasteiger partial charge on any atom is -0.507 e. The molecule has 3 aromatic carbocycles. The Balaban J connectivity index is 1.98. The van der Waals surface area contributed by atoms with Crippen molar-refractivity contribution in [3.8, 4) is 5.75 Å². The Morgan fingerprint density at radius 2 is 1.68 bits per heavy atom. The van der Waals surface area contributed by atoms with Gasteiger partial charge in [-0.05, 0) is 29.0 Å². The first-order chi connectivity index (χ1) is 10.7. The van der Waals surface area contributed by atoms with Gasteiger partial charge < -0.3 is 10.4 Å². The molecule has 3 aromatic rings. The topological polar surface area (TPSA) is 49.3 Å². The second-order valence-electron chi connectivity index (χ2n) is 5.28. The number of para-hydroxylation sites is 1. The number of amides is 1. The zero-order chi connectivity index (χ0) is 15.1. The lowest BCUT2D eigenvalue weighted by Gasteiger charge is -2.06. The highest BCUT2D eigenvalue weighted by Crippen LogP contribution is 2.36. The minimum atomic E-state index is -0.145. The first kappa shape index (κ1) is 12.7. The molecule has 0 radical (unpaired) electrons. The van der Waals surface area contributed by atoms with Crippen LogP contribution in [0.5, 0.6) is 5.75 Å². The molecule has 1 amide bonds. The molecule has 0 unspecified atom stereocenters. The molecule has 4 rings (SSSR count). The molecular formula is C19H13NO2. The van der Waals surface area contributed by atoms with Crippen LogP contribution >= 0.6 is 0 Å². The second-order valence-corrected chi connectivity index (χ2v) is 5.28. The molecule has 0 aliphatic carbocycles. The molecule has 3 heteroatoms. The Bertz CT molecular complexity index is 941. The van der Waals surface area contributed by atoms with Gasteiger partial charge in [-0.3, -0.25) is 4.79 Å². The summed E-state index contributed by atoms with van der Waals surface area (Å²) in [6.07, 6.45) is 1.76. The van der Waals surface area contributed by atoms with Gasteiger partial charge in [0.25, 0.3) is 5.91 Å². The smallest absolute Gasteiger partial charge is 0.256 e. The fourth-order valence-corrected chi connectivity index (χ4v) is 2.86. The highest BCUT2D eigenvalue weighted by atomic mass is 16.3. The molecule has 2 N–H and O–H groups in total. The molecule has 0 bridgehead atoms. The SMILES string of the molecule is O=C1Nc2ccccc2/C1=C\c1c(O)ccc2ccccc12. The summed E-state index contributed by atoms with van der Waals surface area (Å²) >= 11 is 0. The second kappa shape index (κ2) is 4.74. The molecule has 22 heavy (non-hydrogen) atoms. The lowest BCUT2D eigenvalue weighted by atomic mass is 9.99. The number of rotatable bonds is 1. The van der Waals surface area contributed by atoms with Crippen molar-refractivity contribution in [1.29, 1.82) is 0 Å². The zero-order valence-corrected chi connectivity index (χ0v) is 11.7. The maximum Gasteiger partial charge on any atom is 0.256 e. The van der Waals surface area contributed by atoms with Crippen molar-refractivity contribution in [2.75, 3.05) is 5.32 Å². The van der Waals surface area contributed by atoms with Crippen LogP contribution in [0.25, 0.3) is 22.4 Å². The van der Waals surface area contributed by atoms with Crippen molar-refractivity contribution in [3.05, 3.63) is 71.8 Å². The van der Waals surface area contributed by atoms with Gasteiger partial charge in [0.15, 0.2) is 0 Å². The monoisotopic (exact) mass is 287 g/mol. The number of benzene rings is 3. The van der Waals surface area contributed by atoms with E-state index in [9.17, 15) is 9.90 Å². The first-order valence-electron chi connectivity index (χ1n) is 7.07. The van der Waals surface area contributed by atoms with E-state index < -0.39 is 0 Å². The van der Waals surface area contributed by atoms with Crippen LogP contribution in [-0.2, 0) is 4.79 Å². The summed E-state index contributed by atoms with van der Waals surface area (Å²) in [6, 6.07) is 18.9. The Labute approximate surface area is 127 Å². The van der Waals surface area contributed by atoms with Gasteiger partial charge in [0.05, 0.1) is 0 Å². The van der Waals surface area contributed by atoms with E-state index in [1.54, 1.807) is 12.1 Å². The summed E-state index contributed by atoms with van der Waals surface area (Å²) in [5, 5.41) is 15.0. The Kier molecular flexibility index (Phi) is 2.73. The Morgan fingerprint density at radius 1 is 0.909 bits per heavy atom. The normalized spacial score (nSPS) is 15.1. The van der Waals surface area contributed by atoms with Crippen LogP contribution in [0.1, 0.15) is 11.1 Å². The fourth-order valence-electron chi connectivity index (χ4n) is 2.86. The van der Waals surface area contributed by atoms with E-state index in [2.05, 4.69) is 5.32 Å². The number of phenols is 1. The van der Waals surface area contributed by atoms with E-state index in [0.717, 1.165) is 22.0 Å². The maximum absolute atomic E-state index is 12.2. The Morgan fingerprint density at radius 3 is 2.59 bits per heavy atom. The summed E-state index contributed by atoms with van der Waals surface area (Å²) in [5.41, 5.74) is 2.90. The van der Waals surface area contributed by atoms with Crippen LogP contribution < -0.4 is 5.32 Å². The van der Waals surface area contributed by atoms with Crippen LogP contribution in [0.2, 0.25) is 0 Å². The number of anilines is 1. The number of fused-ring (bicyclic) bond motifs is 2. The lowest BCUT2D eigenvalue weighted by molar-refractivity contribution is -0.110. The predicted molar refractivity (Wildman–Crippen MR) is 88.6 cm³/mol. The van der Waals surface area contributed by atoms with Crippen molar-refractivity contribution in [3.63, 3.8) is 0 Å². The van der Waals surface area contributed by atoms with Gasteiger partial charge in [-0.2, -0.15) is 0 Å². The van der Waals surface area contributed by atoms with Crippen LogP contribution in [0.4, 0.5) is 5.69 Å². The molecule has 106 valence electrons. The minimum absolute atomic E-state index is 0.145. The molecular weight excluding hydrogens is 274 g/mol. The lowest BCUT2D eigenvalue weighted by Crippen LogP contribution is -2.03. The average molecular weight is 287 g/mol. The van der Waals surface area contributed by atoms with Crippen molar-refractivity contribution in [1.82, 2.24) is 0 Å². The van der Waals surface area contributed by atoms with E-state index in [1.807, 2.05) is 54.6 Å². The first-order valence-corrected chi connectivity index (χ1v) is 7.07. The summed E-state index contributed by atoms with van der Waals surface area (Å²) in [5.74, 6) is 0.0249. The predicted octanol–water partition coefficient (Wildman–Crippen LogP) is 4.04. The van der Waals surface area contributed by atoms with Crippen LogP contribution in [0.3, 0.4) is 0 Å². The zero-order valence-electron chi connectivity index (χ0n) is 11.7. The van der Waals surface area contributed by atoms with Gasteiger partial charge in [-0.25, -0.2) is 0 Å². The maximum atomic E-state index is 12.2. The highest BCUT2D eigenvalue weighted by molar-refractivity contribution is 6.35. The molecule has 3 nitrogen and oxygen atoms in total. The number of phenolic OH excluding ortho intramolecular Hbond substituents is 1. The van der Waals surface area contributed by atoms with Gasteiger partial charge in [0.1, 0.15) is 5.75 Å². The van der Waals surface area contributed by atoms with Gasteiger partial charge in [-0.15, -0.1) is 0 Å². The molecule has 1 aliphatic rings. The molecule has 0 fully saturated rings. The average Bonchev–Trinajstić information content (AvgIpc) is 2.86. The summed E-state index contributed by atoms with van der Waals surface area (Å²) in [4.78, 5) is 12.2. The van der Waals surface area contributed by atoms with Crippen molar-refractivity contribution >= 4 is 34.0 Å². The third-order valence-electron chi connectivity index (χ3n) is 3.95.